The first kappa shape index (κ1) is 20.7. The number of thioether (sulfide) groups is 1. The van der Waals surface area contributed by atoms with Crippen LogP contribution in [-0.4, -0.2) is 27.7 Å². The van der Waals surface area contributed by atoms with E-state index < -0.39 is 5.41 Å². The molecule has 2 aromatic heterocycles. The van der Waals surface area contributed by atoms with E-state index in [0.717, 1.165) is 36.1 Å². The number of nitrogen functional groups attached to an aromatic ring is 1. The second-order valence-electron chi connectivity index (χ2n) is 7.49. The van der Waals surface area contributed by atoms with Gasteiger partial charge in [-0.2, -0.15) is 4.98 Å². The quantitative estimate of drug-likeness (QED) is 0.246. The average molecular weight is 423 g/mol. The second-order valence-corrected chi connectivity index (χ2v) is 8.79. The zero-order valence-corrected chi connectivity index (χ0v) is 17.7. The van der Waals surface area contributed by atoms with Gasteiger partial charge in [0.2, 0.25) is 12.7 Å². The Morgan fingerprint density at radius 2 is 2.11 bits per heavy atom. The molecule has 0 atom stereocenters. The lowest BCUT2D eigenvalue weighted by Crippen LogP contribution is -2.25. The van der Waals surface area contributed by atoms with E-state index in [4.69, 9.17) is 26.8 Å². The van der Waals surface area contributed by atoms with Gasteiger partial charge in [0.1, 0.15) is 5.15 Å². The first-order chi connectivity index (χ1) is 13.3. The Morgan fingerprint density at radius 1 is 1.32 bits per heavy atom. The largest absolute Gasteiger partial charge is 0.440 e. The van der Waals surface area contributed by atoms with Crippen LogP contribution in [0, 0.1) is 5.41 Å². The molecular weight excluding hydrogens is 400 g/mol. The summed E-state index contributed by atoms with van der Waals surface area (Å²) in [5, 5.41) is 0.941. The molecule has 3 rings (SSSR count). The highest BCUT2D eigenvalue weighted by Crippen LogP contribution is 2.33. The Labute approximate surface area is 173 Å². The molecule has 7 nitrogen and oxygen atoms in total. The van der Waals surface area contributed by atoms with Crippen LogP contribution in [0.5, 0.6) is 5.88 Å². The summed E-state index contributed by atoms with van der Waals surface area (Å²) in [6.07, 6.45) is 4.30. The number of fused-ring (bicyclic) bond motifs is 1. The first-order valence-corrected chi connectivity index (χ1v) is 10.3. The van der Waals surface area contributed by atoms with Crippen LogP contribution in [-0.2, 0) is 28.1 Å². The maximum Gasteiger partial charge on any atom is 0.314 e. The van der Waals surface area contributed by atoms with E-state index >= 15 is 0 Å². The second kappa shape index (κ2) is 8.53. The van der Waals surface area contributed by atoms with Gasteiger partial charge in [-0.25, -0.2) is 9.97 Å². The predicted molar refractivity (Wildman–Crippen MR) is 108 cm³/mol. The number of hydrogen-bond acceptors (Lipinski definition) is 8. The summed E-state index contributed by atoms with van der Waals surface area (Å²) in [6, 6.07) is 1.71. The smallest absolute Gasteiger partial charge is 0.314 e. The van der Waals surface area contributed by atoms with Crippen molar-refractivity contribution >= 4 is 35.0 Å². The molecule has 0 saturated heterocycles. The molecule has 0 aromatic carbocycles. The van der Waals surface area contributed by atoms with Crippen molar-refractivity contribution in [3.05, 3.63) is 34.2 Å². The Balaban J connectivity index is 1.71. The molecule has 2 N–H and O–H groups in total. The number of aromatic nitrogens is 3. The zero-order chi connectivity index (χ0) is 20.3. The molecular formula is C19H23ClN4O3S. The summed E-state index contributed by atoms with van der Waals surface area (Å²) in [7, 11) is 0. The summed E-state index contributed by atoms with van der Waals surface area (Å²) < 4.78 is 10.9. The number of halogens is 1. The van der Waals surface area contributed by atoms with Crippen molar-refractivity contribution in [1.82, 2.24) is 15.0 Å². The summed E-state index contributed by atoms with van der Waals surface area (Å²) in [6.45, 7) is 5.20. The third-order valence-electron chi connectivity index (χ3n) is 4.26. The van der Waals surface area contributed by atoms with Crippen molar-refractivity contribution < 1.29 is 14.3 Å². The molecule has 0 spiro atoms. The van der Waals surface area contributed by atoms with Crippen LogP contribution >= 0.6 is 23.4 Å². The Hall–Kier alpha value is -2.06. The SMILES string of the molecule is CC(C)(C)C(=O)OCOc1nc(SCc2c(N)ccnc2Cl)nc2c1CCC2. The van der Waals surface area contributed by atoms with Gasteiger partial charge in [0.15, 0.2) is 5.16 Å². The fourth-order valence-corrected chi connectivity index (χ4v) is 3.89. The molecule has 0 aliphatic heterocycles. The maximum atomic E-state index is 11.9. The number of nitrogens with zero attached hydrogens (tertiary/aromatic N) is 3. The highest BCUT2D eigenvalue weighted by Gasteiger charge is 2.24. The molecule has 0 amide bonds. The molecule has 0 saturated carbocycles. The van der Waals surface area contributed by atoms with Crippen LogP contribution in [0.25, 0.3) is 0 Å². The van der Waals surface area contributed by atoms with Crippen LogP contribution in [0.3, 0.4) is 0 Å². The summed E-state index contributed by atoms with van der Waals surface area (Å²) in [5.74, 6) is 0.641. The van der Waals surface area contributed by atoms with Crippen LogP contribution in [0.4, 0.5) is 5.69 Å². The number of anilines is 1. The monoisotopic (exact) mass is 422 g/mol. The van der Waals surface area contributed by atoms with Gasteiger partial charge in [0, 0.05) is 28.8 Å². The van der Waals surface area contributed by atoms with Gasteiger partial charge < -0.3 is 15.2 Å². The lowest BCUT2D eigenvalue weighted by molar-refractivity contribution is -0.159. The molecule has 1 aliphatic carbocycles. The number of esters is 1. The van der Waals surface area contributed by atoms with Crippen molar-refractivity contribution in [1.29, 1.82) is 0 Å². The predicted octanol–water partition coefficient (Wildman–Crippen LogP) is 3.81. The van der Waals surface area contributed by atoms with Crippen molar-refractivity contribution in [2.45, 2.75) is 50.9 Å². The molecule has 2 aromatic rings. The number of aryl methyl sites for hydroxylation is 1. The standard InChI is InChI=1S/C19H23ClN4O3S/c1-19(2,3)17(25)27-10-26-16-11-5-4-6-14(11)23-18(24-16)28-9-12-13(21)7-8-22-15(12)20/h7-8H,4-6,9-10H2,1-3H3,(H2,21,22). The minimum atomic E-state index is -0.582. The topological polar surface area (TPSA) is 100 Å². The van der Waals surface area contributed by atoms with E-state index in [9.17, 15) is 4.79 Å². The number of carbonyl (C=O) groups is 1. The maximum absolute atomic E-state index is 11.9. The summed E-state index contributed by atoms with van der Waals surface area (Å²) in [4.78, 5) is 25.1. The van der Waals surface area contributed by atoms with Gasteiger partial charge in [0.05, 0.1) is 11.1 Å². The highest BCUT2D eigenvalue weighted by atomic mass is 35.5. The Kier molecular flexibility index (Phi) is 6.30. The highest BCUT2D eigenvalue weighted by molar-refractivity contribution is 7.98. The molecule has 0 radical (unpaired) electrons. The van der Waals surface area contributed by atoms with Crippen LogP contribution < -0.4 is 10.5 Å². The molecule has 28 heavy (non-hydrogen) atoms. The molecule has 0 fully saturated rings. The fraction of sp³-hybridized carbons (Fsp3) is 0.474. The molecule has 9 heteroatoms. The molecule has 150 valence electrons. The number of pyridine rings is 1. The van der Waals surface area contributed by atoms with Crippen molar-refractivity contribution in [2.24, 2.45) is 5.41 Å². The van der Waals surface area contributed by atoms with Crippen LogP contribution in [0.15, 0.2) is 17.4 Å². The minimum Gasteiger partial charge on any atom is -0.440 e. The lowest BCUT2D eigenvalue weighted by atomic mass is 9.98. The number of ether oxygens (including phenoxy) is 2. The number of hydrogen-bond donors (Lipinski definition) is 1. The molecule has 0 unspecified atom stereocenters. The van der Waals surface area contributed by atoms with Crippen molar-refractivity contribution in [2.75, 3.05) is 12.5 Å². The fourth-order valence-electron chi connectivity index (χ4n) is 2.68. The zero-order valence-electron chi connectivity index (χ0n) is 16.1. The summed E-state index contributed by atoms with van der Waals surface area (Å²) >= 11 is 7.55. The molecule has 0 bridgehead atoms. The number of nitrogens with two attached hydrogens (primary N) is 1. The lowest BCUT2D eigenvalue weighted by Gasteiger charge is -2.17. The van der Waals surface area contributed by atoms with Gasteiger partial charge in [0.25, 0.3) is 0 Å². The van der Waals surface area contributed by atoms with E-state index in [0.29, 0.717) is 27.6 Å². The van der Waals surface area contributed by atoms with E-state index in [-0.39, 0.29) is 12.8 Å². The summed E-state index contributed by atoms with van der Waals surface area (Å²) in [5.41, 5.74) is 8.69. The Bertz CT molecular complexity index is 866. The van der Waals surface area contributed by atoms with Gasteiger partial charge in [-0.3, -0.25) is 4.79 Å². The average Bonchev–Trinajstić information content (AvgIpc) is 3.09. The van der Waals surface area contributed by atoms with Gasteiger partial charge in [-0.05, 0) is 46.1 Å². The van der Waals surface area contributed by atoms with Gasteiger partial charge >= 0.3 is 5.97 Å². The first-order valence-electron chi connectivity index (χ1n) is 8.97. The van der Waals surface area contributed by atoms with E-state index in [1.54, 1.807) is 33.0 Å². The third kappa shape index (κ3) is 4.86. The Morgan fingerprint density at radius 3 is 2.82 bits per heavy atom. The molecule has 1 aliphatic rings. The van der Waals surface area contributed by atoms with Gasteiger partial charge in [-0.1, -0.05) is 23.4 Å². The van der Waals surface area contributed by atoms with Crippen molar-refractivity contribution in [3.63, 3.8) is 0 Å². The molecule has 2 heterocycles. The van der Waals surface area contributed by atoms with Crippen LogP contribution in [0.1, 0.15) is 44.0 Å². The number of rotatable bonds is 6. The van der Waals surface area contributed by atoms with E-state index in [2.05, 4.69) is 15.0 Å². The normalized spacial score (nSPS) is 13.3. The van der Waals surface area contributed by atoms with Gasteiger partial charge in [-0.15, -0.1) is 0 Å². The van der Waals surface area contributed by atoms with Crippen molar-refractivity contribution in [3.8, 4) is 5.88 Å². The number of carbonyl (C=O) groups excluding carboxylic acids is 1. The van der Waals surface area contributed by atoms with E-state index in [1.807, 2.05) is 0 Å². The van der Waals surface area contributed by atoms with Crippen LogP contribution in [0.2, 0.25) is 5.15 Å². The minimum absolute atomic E-state index is 0.176. The third-order valence-corrected chi connectivity index (χ3v) is 5.46. The van der Waals surface area contributed by atoms with E-state index in [1.165, 1.54) is 11.8 Å².